The first-order chi connectivity index (χ1) is 7.10. The Morgan fingerprint density at radius 1 is 1.67 bits per heavy atom. The molecule has 0 spiro atoms. The van der Waals surface area contributed by atoms with E-state index in [-0.39, 0.29) is 0 Å². The fraction of sp³-hybridized carbons (Fsp3) is 0.600. The molecule has 1 rings (SSSR count). The Hall–Kier alpha value is -1.03. The summed E-state index contributed by atoms with van der Waals surface area (Å²) in [6, 6.07) is 0. The highest BCUT2D eigenvalue weighted by Crippen LogP contribution is 2.25. The van der Waals surface area contributed by atoms with Crippen LogP contribution in [0.15, 0.2) is 6.20 Å². The lowest BCUT2D eigenvalue weighted by Gasteiger charge is -2.07. The average molecular weight is 231 g/mol. The Bertz CT molecular complexity index is 349. The van der Waals surface area contributed by atoms with Crippen LogP contribution in [-0.4, -0.2) is 22.4 Å². The maximum Gasteiger partial charge on any atom is 0.328 e. The van der Waals surface area contributed by atoms with Gasteiger partial charge < -0.3 is 4.74 Å². The van der Waals surface area contributed by atoms with Crippen molar-refractivity contribution >= 4 is 17.6 Å². The first-order valence-corrected chi connectivity index (χ1v) is 5.36. The first kappa shape index (κ1) is 12.0. The molecule has 0 N–H and O–H groups in total. The zero-order valence-electron chi connectivity index (χ0n) is 9.16. The molecule has 0 saturated carbocycles. The van der Waals surface area contributed by atoms with E-state index < -0.39 is 11.3 Å². The third-order valence-electron chi connectivity index (χ3n) is 2.04. The molecule has 0 aliphatic heterocycles. The van der Waals surface area contributed by atoms with Crippen molar-refractivity contribution in [3.8, 4) is 0 Å². The van der Waals surface area contributed by atoms with Gasteiger partial charge in [-0.2, -0.15) is 5.10 Å². The van der Waals surface area contributed by atoms with Crippen molar-refractivity contribution in [3.05, 3.63) is 17.5 Å². The molecule has 0 aromatic carbocycles. The van der Waals surface area contributed by atoms with Crippen molar-refractivity contribution in [1.29, 1.82) is 0 Å². The summed E-state index contributed by atoms with van der Waals surface area (Å²) in [7, 11) is 1.80. The summed E-state index contributed by atoms with van der Waals surface area (Å²) in [6.07, 6.45) is 2.51. The van der Waals surface area contributed by atoms with Crippen LogP contribution in [0.5, 0.6) is 0 Å². The number of carbonyl (C=O) groups excluding carboxylic acids is 1. The molecule has 0 radical (unpaired) electrons. The topological polar surface area (TPSA) is 44.1 Å². The van der Waals surface area contributed by atoms with Crippen LogP contribution < -0.4 is 0 Å². The Kier molecular flexibility index (Phi) is 4.15. The minimum atomic E-state index is -0.756. The van der Waals surface area contributed by atoms with Gasteiger partial charge in [0.2, 0.25) is 0 Å². The monoisotopic (exact) mass is 230 g/mol. The Morgan fingerprint density at radius 2 is 2.33 bits per heavy atom. The van der Waals surface area contributed by atoms with Crippen LogP contribution >= 0.6 is 11.6 Å². The van der Waals surface area contributed by atoms with Crippen molar-refractivity contribution in [2.24, 2.45) is 7.05 Å². The number of ether oxygens (including phenoxy) is 1. The zero-order valence-corrected chi connectivity index (χ0v) is 9.91. The summed E-state index contributed by atoms with van der Waals surface area (Å²) in [5.41, 5.74) is 1.57. The molecule has 0 aliphatic carbocycles. The third-order valence-corrected chi connectivity index (χ3v) is 2.45. The lowest BCUT2D eigenvalue weighted by atomic mass is 10.1. The standard InChI is InChI=1S/C10H15ClN2O2/c1-4-8-7(6-13(3)12-8)9(11)10(14)15-5-2/h6,9H,4-5H2,1-3H3. The summed E-state index contributed by atoms with van der Waals surface area (Å²) in [4.78, 5) is 11.4. The quantitative estimate of drug-likeness (QED) is 0.586. The number of nitrogens with zero attached hydrogens (tertiary/aromatic N) is 2. The zero-order chi connectivity index (χ0) is 11.4. The van der Waals surface area contributed by atoms with E-state index in [1.807, 2.05) is 6.92 Å². The minimum Gasteiger partial charge on any atom is -0.465 e. The highest BCUT2D eigenvalue weighted by Gasteiger charge is 2.23. The van der Waals surface area contributed by atoms with Crippen LogP contribution in [0.3, 0.4) is 0 Å². The van der Waals surface area contributed by atoms with Crippen molar-refractivity contribution in [2.45, 2.75) is 25.6 Å². The molecule has 0 aliphatic rings. The maximum atomic E-state index is 11.4. The van der Waals surface area contributed by atoms with Crippen molar-refractivity contribution < 1.29 is 9.53 Å². The van der Waals surface area contributed by atoms with E-state index in [9.17, 15) is 4.79 Å². The largest absolute Gasteiger partial charge is 0.465 e. The van der Waals surface area contributed by atoms with E-state index in [0.717, 1.165) is 17.7 Å². The predicted octanol–water partition coefficient (Wildman–Crippen LogP) is 1.83. The molecule has 1 aromatic rings. The van der Waals surface area contributed by atoms with Gasteiger partial charge >= 0.3 is 5.97 Å². The van der Waals surface area contributed by atoms with Crippen molar-refractivity contribution in [3.63, 3.8) is 0 Å². The van der Waals surface area contributed by atoms with E-state index in [1.165, 1.54) is 0 Å². The number of aromatic nitrogens is 2. The van der Waals surface area contributed by atoms with Gasteiger partial charge in [0, 0.05) is 18.8 Å². The van der Waals surface area contributed by atoms with E-state index >= 15 is 0 Å². The summed E-state index contributed by atoms with van der Waals surface area (Å²) < 4.78 is 6.51. The van der Waals surface area contributed by atoms with Crippen LogP contribution in [-0.2, 0) is 23.0 Å². The van der Waals surface area contributed by atoms with Gasteiger partial charge in [-0.1, -0.05) is 6.92 Å². The molecule has 0 fully saturated rings. The Balaban J connectivity index is 2.89. The number of hydrogen-bond acceptors (Lipinski definition) is 3. The summed E-state index contributed by atoms with van der Waals surface area (Å²) in [5, 5.41) is 3.46. The molecule has 15 heavy (non-hydrogen) atoms. The summed E-state index contributed by atoms with van der Waals surface area (Å²) in [5.74, 6) is -0.415. The summed E-state index contributed by atoms with van der Waals surface area (Å²) in [6.45, 7) is 4.07. The van der Waals surface area contributed by atoms with Crippen molar-refractivity contribution in [1.82, 2.24) is 9.78 Å². The van der Waals surface area contributed by atoms with Gasteiger partial charge in [0.15, 0.2) is 5.38 Å². The minimum absolute atomic E-state index is 0.337. The molecule has 0 amide bonds. The molecule has 4 nitrogen and oxygen atoms in total. The number of rotatable bonds is 4. The number of esters is 1. The van der Waals surface area contributed by atoms with E-state index in [1.54, 1.807) is 24.9 Å². The molecule has 0 bridgehead atoms. The Labute approximate surface area is 94.2 Å². The molecule has 1 atom stereocenters. The van der Waals surface area contributed by atoms with Crippen molar-refractivity contribution in [2.75, 3.05) is 6.61 Å². The van der Waals surface area contributed by atoms with E-state index in [0.29, 0.717) is 6.61 Å². The number of hydrogen-bond donors (Lipinski definition) is 0. The van der Waals surface area contributed by atoms with Gasteiger partial charge in [-0.3, -0.25) is 9.48 Å². The normalized spacial score (nSPS) is 12.5. The first-order valence-electron chi connectivity index (χ1n) is 4.93. The van der Waals surface area contributed by atoms with Gasteiger partial charge in [0.25, 0.3) is 0 Å². The fourth-order valence-corrected chi connectivity index (χ4v) is 1.63. The van der Waals surface area contributed by atoms with Crippen LogP contribution in [0.4, 0.5) is 0 Å². The lowest BCUT2D eigenvalue weighted by Crippen LogP contribution is -2.11. The SMILES string of the molecule is CCOC(=O)C(Cl)c1cn(C)nc1CC. The lowest BCUT2D eigenvalue weighted by molar-refractivity contribution is -0.142. The molecular weight excluding hydrogens is 216 g/mol. The van der Waals surface area contributed by atoms with E-state index in [2.05, 4.69) is 5.10 Å². The molecule has 0 saturated heterocycles. The molecule has 84 valence electrons. The van der Waals surface area contributed by atoms with Gasteiger partial charge in [-0.15, -0.1) is 11.6 Å². The second-order valence-electron chi connectivity index (χ2n) is 3.17. The fourth-order valence-electron chi connectivity index (χ4n) is 1.38. The van der Waals surface area contributed by atoms with Gasteiger partial charge in [-0.25, -0.2) is 0 Å². The number of halogens is 1. The molecule has 5 heteroatoms. The second-order valence-corrected chi connectivity index (χ2v) is 3.61. The van der Waals surface area contributed by atoms with Gasteiger partial charge in [-0.05, 0) is 13.3 Å². The van der Waals surface area contributed by atoms with Crippen LogP contribution in [0.25, 0.3) is 0 Å². The molecule has 1 unspecified atom stereocenters. The average Bonchev–Trinajstić information content (AvgIpc) is 2.58. The third kappa shape index (κ3) is 2.72. The predicted molar refractivity (Wildman–Crippen MR) is 57.8 cm³/mol. The smallest absolute Gasteiger partial charge is 0.328 e. The van der Waals surface area contributed by atoms with E-state index in [4.69, 9.17) is 16.3 Å². The van der Waals surface area contributed by atoms with Crippen LogP contribution in [0, 0.1) is 0 Å². The summed E-state index contributed by atoms with van der Waals surface area (Å²) >= 11 is 6.00. The second kappa shape index (κ2) is 5.16. The van der Waals surface area contributed by atoms with Crippen LogP contribution in [0.1, 0.15) is 30.5 Å². The van der Waals surface area contributed by atoms with Gasteiger partial charge in [0.1, 0.15) is 0 Å². The molecule has 1 aromatic heterocycles. The number of aryl methyl sites for hydroxylation is 2. The highest BCUT2D eigenvalue weighted by atomic mass is 35.5. The van der Waals surface area contributed by atoms with Gasteiger partial charge in [0.05, 0.1) is 12.3 Å². The number of alkyl halides is 1. The Morgan fingerprint density at radius 3 is 2.87 bits per heavy atom. The highest BCUT2D eigenvalue weighted by molar-refractivity contribution is 6.30. The maximum absolute atomic E-state index is 11.4. The number of carbonyl (C=O) groups is 1. The molecule has 1 heterocycles. The molecular formula is C10H15ClN2O2. The van der Waals surface area contributed by atoms with Crippen LogP contribution in [0.2, 0.25) is 0 Å².